The van der Waals surface area contributed by atoms with E-state index in [1.807, 2.05) is 0 Å². The number of hydrogen-bond donors (Lipinski definition) is 1. The molecule has 1 heterocycles. The van der Waals surface area contributed by atoms with Gasteiger partial charge in [-0.1, -0.05) is 38.1 Å². The fourth-order valence-corrected chi connectivity index (χ4v) is 4.16. The molecule has 1 aliphatic heterocycles. The Morgan fingerprint density at radius 2 is 1.90 bits per heavy atom. The Morgan fingerprint density at radius 3 is 2.67 bits per heavy atom. The zero-order valence-electron chi connectivity index (χ0n) is 13.6. The maximum absolute atomic E-state index is 3.80. The third-order valence-corrected chi connectivity index (χ3v) is 5.43. The van der Waals surface area contributed by atoms with Crippen LogP contribution in [0.5, 0.6) is 0 Å². The summed E-state index contributed by atoms with van der Waals surface area (Å²) in [6.07, 6.45) is 6.66. The third kappa shape index (κ3) is 3.32. The van der Waals surface area contributed by atoms with Crippen LogP contribution in [0.3, 0.4) is 0 Å². The first-order valence-electron chi connectivity index (χ1n) is 8.84. The molecule has 2 nitrogen and oxygen atoms in total. The molecule has 0 radical (unpaired) electrons. The topological polar surface area (TPSA) is 15.3 Å². The minimum absolute atomic E-state index is 0.516. The summed E-state index contributed by atoms with van der Waals surface area (Å²) in [4.78, 5) is 2.77. The molecule has 0 bridgehead atoms. The highest BCUT2D eigenvalue weighted by Gasteiger charge is 2.32. The second kappa shape index (κ2) is 6.93. The Morgan fingerprint density at radius 1 is 1.14 bits per heavy atom. The lowest BCUT2D eigenvalue weighted by Gasteiger charge is -2.40. The van der Waals surface area contributed by atoms with Crippen molar-refractivity contribution >= 4 is 0 Å². The summed E-state index contributed by atoms with van der Waals surface area (Å²) < 4.78 is 0. The van der Waals surface area contributed by atoms with E-state index < -0.39 is 0 Å². The molecule has 2 atom stereocenters. The van der Waals surface area contributed by atoms with E-state index in [1.165, 1.54) is 45.2 Å². The van der Waals surface area contributed by atoms with Crippen LogP contribution in [0, 0.1) is 5.92 Å². The SMILES string of the molecule is CCNC1c2ccccc2CCCC1N1CCC(C)CC1. The Bertz CT molecular complexity index is 449. The van der Waals surface area contributed by atoms with Crippen LogP contribution in [0.1, 0.15) is 56.7 Å². The number of rotatable bonds is 3. The summed E-state index contributed by atoms with van der Waals surface area (Å²) >= 11 is 0. The Balaban J connectivity index is 1.85. The van der Waals surface area contributed by atoms with Crippen molar-refractivity contribution in [2.75, 3.05) is 19.6 Å². The first-order valence-corrected chi connectivity index (χ1v) is 8.84. The van der Waals surface area contributed by atoms with E-state index in [-0.39, 0.29) is 0 Å². The van der Waals surface area contributed by atoms with Gasteiger partial charge in [-0.25, -0.2) is 0 Å². The number of nitrogens with one attached hydrogen (secondary N) is 1. The van der Waals surface area contributed by atoms with Crippen LogP contribution in [0.15, 0.2) is 24.3 Å². The van der Waals surface area contributed by atoms with Gasteiger partial charge < -0.3 is 5.32 Å². The van der Waals surface area contributed by atoms with Gasteiger partial charge in [-0.15, -0.1) is 0 Å². The van der Waals surface area contributed by atoms with Crippen molar-refractivity contribution in [3.05, 3.63) is 35.4 Å². The van der Waals surface area contributed by atoms with E-state index in [9.17, 15) is 0 Å². The minimum atomic E-state index is 0.516. The molecule has 1 aromatic rings. The van der Waals surface area contributed by atoms with Gasteiger partial charge in [0.2, 0.25) is 0 Å². The van der Waals surface area contributed by atoms with E-state index in [1.54, 1.807) is 11.1 Å². The van der Waals surface area contributed by atoms with Gasteiger partial charge in [0.15, 0.2) is 0 Å². The average Bonchev–Trinajstić information content (AvgIpc) is 2.69. The van der Waals surface area contributed by atoms with Crippen LogP contribution in [0.4, 0.5) is 0 Å². The molecule has 2 aliphatic rings. The summed E-state index contributed by atoms with van der Waals surface area (Å²) in [5.74, 6) is 0.914. The zero-order valence-corrected chi connectivity index (χ0v) is 13.6. The molecule has 1 aromatic carbocycles. The molecule has 21 heavy (non-hydrogen) atoms. The number of benzene rings is 1. The second-order valence-corrected chi connectivity index (χ2v) is 6.91. The van der Waals surface area contributed by atoms with Crippen LogP contribution < -0.4 is 5.32 Å². The van der Waals surface area contributed by atoms with Gasteiger partial charge >= 0.3 is 0 Å². The third-order valence-electron chi connectivity index (χ3n) is 5.43. The number of nitrogens with zero attached hydrogens (tertiary/aromatic N) is 1. The Kier molecular flexibility index (Phi) is 4.97. The predicted molar refractivity (Wildman–Crippen MR) is 89.6 cm³/mol. The summed E-state index contributed by atoms with van der Waals surface area (Å²) in [6.45, 7) is 8.27. The highest BCUT2D eigenvalue weighted by Crippen LogP contribution is 2.33. The monoisotopic (exact) mass is 286 g/mol. The molecule has 1 N–H and O–H groups in total. The maximum Gasteiger partial charge on any atom is 0.0480 e. The van der Waals surface area contributed by atoms with Crippen LogP contribution >= 0.6 is 0 Å². The smallest absolute Gasteiger partial charge is 0.0480 e. The van der Waals surface area contributed by atoms with Gasteiger partial charge in [-0.2, -0.15) is 0 Å². The van der Waals surface area contributed by atoms with E-state index >= 15 is 0 Å². The summed E-state index contributed by atoms with van der Waals surface area (Å²) in [6, 6.07) is 10.3. The lowest BCUT2D eigenvalue weighted by Crippen LogP contribution is -2.47. The second-order valence-electron chi connectivity index (χ2n) is 6.91. The number of aryl methyl sites for hydroxylation is 1. The quantitative estimate of drug-likeness (QED) is 0.851. The van der Waals surface area contributed by atoms with E-state index in [0.29, 0.717) is 12.1 Å². The Labute approximate surface area is 129 Å². The number of hydrogen-bond acceptors (Lipinski definition) is 2. The van der Waals surface area contributed by atoms with Crippen molar-refractivity contribution in [3.63, 3.8) is 0 Å². The van der Waals surface area contributed by atoms with Crippen molar-refractivity contribution in [2.45, 2.75) is 58.0 Å². The molecule has 116 valence electrons. The van der Waals surface area contributed by atoms with Crippen molar-refractivity contribution < 1.29 is 0 Å². The minimum Gasteiger partial charge on any atom is -0.309 e. The molecule has 1 saturated heterocycles. The van der Waals surface area contributed by atoms with Gasteiger partial charge in [0, 0.05) is 12.1 Å². The van der Waals surface area contributed by atoms with Crippen molar-refractivity contribution in [3.8, 4) is 0 Å². The van der Waals surface area contributed by atoms with Crippen LogP contribution in [0.25, 0.3) is 0 Å². The largest absolute Gasteiger partial charge is 0.309 e. The van der Waals surface area contributed by atoms with Gasteiger partial charge in [0.1, 0.15) is 0 Å². The molecule has 2 heteroatoms. The highest BCUT2D eigenvalue weighted by atomic mass is 15.2. The van der Waals surface area contributed by atoms with Gasteiger partial charge in [0.05, 0.1) is 0 Å². The number of likely N-dealkylation sites (N-methyl/N-ethyl adjacent to an activating group) is 1. The van der Waals surface area contributed by atoms with Gasteiger partial charge in [0.25, 0.3) is 0 Å². The molecule has 1 fully saturated rings. The lowest BCUT2D eigenvalue weighted by atomic mass is 9.91. The molecule has 0 spiro atoms. The van der Waals surface area contributed by atoms with Crippen LogP contribution in [-0.2, 0) is 6.42 Å². The van der Waals surface area contributed by atoms with E-state index in [4.69, 9.17) is 0 Å². The fraction of sp³-hybridized carbons (Fsp3) is 0.684. The molecule has 0 aromatic heterocycles. The normalized spacial score (nSPS) is 28.1. The van der Waals surface area contributed by atoms with Crippen molar-refractivity contribution in [2.24, 2.45) is 5.92 Å². The first-order chi connectivity index (χ1) is 10.3. The molecule has 0 amide bonds. The Hall–Kier alpha value is -0.860. The molecule has 2 unspecified atom stereocenters. The molecular weight excluding hydrogens is 256 g/mol. The van der Waals surface area contributed by atoms with E-state index in [2.05, 4.69) is 48.3 Å². The maximum atomic E-state index is 3.80. The van der Waals surface area contributed by atoms with Crippen molar-refractivity contribution in [1.82, 2.24) is 10.2 Å². The van der Waals surface area contributed by atoms with Gasteiger partial charge in [-0.3, -0.25) is 4.90 Å². The van der Waals surface area contributed by atoms with E-state index in [0.717, 1.165) is 12.5 Å². The standard InChI is InChI=1S/C19H30N2/c1-3-20-19-17-9-5-4-7-16(17)8-6-10-18(19)21-13-11-15(2)12-14-21/h4-5,7,9,15,18-20H,3,6,8,10-14H2,1-2H3. The van der Waals surface area contributed by atoms with Gasteiger partial charge in [-0.05, 0) is 68.8 Å². The first kappa shape index (κ1) is 15.1. The van der Waals surface area contributed by atoms with Crippen molar-refractivity contribution in [1.29, 1.82) is 0 Å². The lowest BCUT2D eigenvalue weighted by molar-refractivity contribution is 0.105. The molecule has 1 aliphatic carbocycles. The number of likely N-dealkylation sites (tertiary alicyclic amines) is 1. The highest BCUT2D eigenvalue weighted by molar-refractivity contribution is 5.32. The zero-order chi connectivity index (χ0) is 14.7. The molecular formula is C19H30N2. The average molecular weight is 286 g/mol. The van der Waals surface area contributed by atoms with Crippen LogP contribution in [-0.4, -0.2) is 30.6 Å². The van der Waals surface area contributed by atoms with Crippen LogP contribution in [0.2, 0.25) is 0 Å². The predicted octanol–water partition coefficient (Wildman–Crippen LogP) is 3.77. The number of fused-ring (bicyclic) bond motifs is 1. The summed E-state index contributed by atoms with van der Waals surface area (Å²) in [5, 5.41) is 3.80. The fourth-order valence-electron chi connectivity index (χ4n) is 4.16. The number of piperidine rings is 1. The summed E-state index contributed by atoms with van der Waals surface area (Å²) in [5.41, 5.74) is 3.12. The molecule has 0 saturated carbocycles. The summed E-state index contributed by atoms with van der Waals surface area (Å²) in [7, 11) is 0. The molecule has 3 rings (SSSR count).